The third-order valence-electron chi connectivity index (χ3n) is 2.09. The highest BCUT2D eigenvalue weighted by molar-refractivity contribution is 9.10. The second-order valence-corrected chi connectivity index (χ2v) is 4.32. The van der Waals surface area contributed by atoms with Crippen LogP contribution in [0, 0.1) is 5.82 Å². The molecule has 0 saturated heterocycles. The van der Waals surface area contributed by atoms with Crippen LogP contribution in [0.2, 0.25) is 0 Å². The maximum Gasteiger partial charge on any atom is 0.322 e. The largest absolute Gasteiger partial charge is 0.468 e. The first-order chi connectivity index (χ1) is 7.52. The molecular weight excluding hydrogens is 277 g/mol. The molecule has 5 heteroatoms. The zero-order chi connectivity index (χ0) is 12.1. The number of methoxy groups -OCH3 is 1. The first-order valence-electron chi connectivity index (χ1n) is 4.79. The number of hydrogen-bond acceptors (Lipinski definition) is 3. The number of benzene rings is 1. The van der Waals surface area contributed by atoms with Crippen molar-refractivity contribution in [2.24, 2.45) is 0 Å². The van der Waals surface area contributed by atoms with Gasteiger partial charge in [-0.2, -0.15) is 0 Å². The van der Waals surface area contributed by atoms with Gasteiger partial charge in [-0.3, -0.25) is 4.79 Å². The molecule has 0 spiro atoms. The summed E-state index contributed by atoms with van der Waals surface area (Å²) in [5.74, 6) is -0.646. The van der Waals surface area contributed by atoms with E-state index in [-0.39, 0.29) is 11.8 Å². The van der Waals surface area contributed by atoms with Crippen molar-refractivity contribution in [3.63, 3.8) is 0 Å². The molecule has 0 heterocycles. The van der Waals surface area contributed by atoms with Crippen molar-refractivity contribution in [3.05, 3.63) is 34.1 Å². The fraction of sp³-hybridized carbons (Fsp3) is 0.364. The van der Waals surface area contributed by atoms with Gasteiger partial charge in [-0.05, 0) is 30.7 Å². The van der Waals surface area contributed by atoms with Crippen LogP contribution in [0.5, 0.6) is 0 Å². The van der Waals surface area contributed by atoms with E-state index in [4.69, 9.17) is 0 Å². The van der Waals surface area contributed by atoms with Crippen LogP contribution in [0.1, 0.15) is 12.5 Å². The molecule has 16 heavy (non-hydrogen) atoms. The van der Waals surface area contributed by atoms with Gasteiger partial charge in [-0.15, -0.1) is 0 Å². The third kappa shape index (κ3) is 3.90. The number of ether oxygens (including phenoxy) is 1. The van der Waals surface area contributed by atoms with E-state index in [1.807, 2.05) is 0 Å². The lowest BCUT2D eigenvalue weighted by atomic mass is 10.2. The molecule has 1 aromatic carbocycles. The van der Waals surface area contributed by atoms with Gasteiger partial charge in [0.1, 0.15) is 11.9 Å². The molecule has 0 amide bonds. The molecule has 0 aromatic heterocycles. The van der Waals surface area contributed by atoms with Gasteiger partial charge in [-0.25, -0.2) is 4.39 Å². The average molecular weight is 290 g/mol. The predicted molar refractivity (Wildman–Crippen MR) is 62.4 cm³/mol. The highest BCUT2D eigenvalue weighted by atomic mass is 79.9. The fourth-order valence-corrected chi connectivity index (χ4v) is 1.76. The Hall–Kier alpha value is -0.940. The smallest absolute Gasteiger partial charge is 0.322 e. The summed E-state index contributed by atoms with van der Waals surface area (Å²) in [6, 6.07) is 4.18. The molecule has 0 radical (unpaired) electrons. The second kappa shape index (κ2) is 5.96. The van der Waals surface area contributed by atoms with Crippen molar-refractivity contribution in [2.75, 3.05) is 7.11 Å². The van der Waals surface area contributed by atoms with Crippen molar-refractivity contribution in [1.82, 2.24) is 5.32 Å². The zero-order valence-electron chi connectivity index (χ0n) is 9.09. The van der Waals surface area contributed by atoms with Crippen LogP contribution < -0.4 is 5.32 Å². The Morgan fingerprint density at radius 1 is 1.56 bits per heavy atom. The Morgan fingerprint density at radius 2 is 2.25 bits per heavy atom. The van der Waals surface area contributed by atoms with Gasteiger partial charge in [0.15, 0.2) is 0 Å². The van der Waals surface area contributed by atoms with Gasteiger partial charge in [0, 0.05) is 11.0 Å². The normalized spacial score (nSPS) is 12.2. The van der Waals surface area contributed by atoms with Gasteiger partial charge < -0.3 is 10.1 Å². The Bertz CT molecular complexity index is 364. The minimum Gasteiger partial charge on any atom is -0.468 e. The Kier molecular flexibility index (Phi) is 4.89. The quantitative estimate of drug-likeness (QED) is 0.864. The summed E-state index contributed by atoms with van der Waals surface area (Å²) in [4.78, 5) is 11.1. The lowest BCUT2D eigenvalue weighted by molar-refractivity contribution is -0.142. The first-order valence-corrected chi connectivity index (χ1v) is 5.58. The maximum atomic E-state index is 13.0. The molecule has 1 aromatic rings. The highest BCUT2D eigenvalue weighted by Crippen LogP contribution is 2.14. The number of rotatable bonds is 4. The van der Waals surface area contributed by atoms with Crippen molar-refractivity contribution in [2.45, 2.75) is 19.5 Å². The van der Waals surface area contributed by atoms with E-state index in [9.17, 15) is 9.18 Å². The van der Waals surface area contributed by atoms with Crippen molar-refractivity contribution >= 4 is 21.9 Å². The van der Waals surface area contributed by atoms with Crippen LogP contribution in [0.3, 0.4) is 0 Å². The lowest BCUT2D eigenvalue weighted by Crippen LogP contribution is -2.34. The van der Waals surface area contributed by atoms with E-state index in [1.54, 1.807) is 13.0 Å². The van der Waals surface area contributed by atoms with E-state index in [2.05, 4.69) is 26.0 Å². The third-order valence-corrected chi connectivity index (χ3v) is 2.55. The topological polar surface area (TPSA) is 38.3 Å². The molecule has 0 bridgehead atoms. The molecule has 3 nitrogen and oxygen atoms in total. The summed E-state index contributed by atoms with van der Waals surface area (Å²) >= 11 is 3.20. The maximum absolute atomic E-state index is 13.0. The number of hydrogen-bond donors (Lipinski definition) is 1. The number of esters is 1. The minimum absolute atomic E-state index is 0.308. The van der Waals surface area contributed by atoms with Crippen LogP contribution in [0.25, 0.3) is 0 Å². The minimum atomic E-state index is -0.410. The summed E-state index contributed by atoms with van der Waals surface area (Å²) in [6.07, 6.45) is 0. The van der Waals surface area contributed by atoms with Crippen LogP contribution in [-0.2, 0) is 16.1 Å². The van der Waals surface area contributed by atoms with E-state index in [0.29, 0.717) is 11.0 Å². The second-order valence-electron chi connectivity index (χ2n) is 3.40. The summed E-state index contributed by atoms with van der Waals surface area (Å²) in [5.41, 5.74) is 0.766. The van der Waals surface area contributed by atoms with Gasteiger partial charge in [0.2, 0.25) is 0 Å². The Morgan fingerprint density at radius 3 is 2.81 bits per heavy atom. The Balaban J connectivity index is 2.57. The molecule has 1 atom stereocenters. The average Bonchev–Trinajstić information content (AvgIpc) is 2.23. The van der Waals surface area contributed by atoms with E-state index < -0.39 is 6.04 Å². The van der Waals surface area contributed by atoms with Crippen molar-refractivity contribution in [3.8, 4) is 0 Å². The molecule has 1 N–H and O–H groups in total. The number of carbonyl (C=O) groups is 1. The van der Waals surface area contributed by atoms with Crippen molar-refractivity contribution < 1.29 is 13.9 Å². The van der Waals surface area contributed by atoms with Gasteiger partial charge in [0.25, 0.3) is 0 Å². The van der Waals surface area contributed by atoms with Crippen LogP contribution in [-0.4, -0.2) is 19.1 Å². The van der Waals surface area contributed by atoms with Gasteiger partial charge in [-0.1, -0.05) is 15.9 Å². The van der Waals surface area contributed by atoms with E-state index in [1.165, 1.54) is 19.2 Å². The monoisotopic (exact) mass is 289 g/mol. The number of halogens is 2. The van der Waals surface area contributed by atoms with Crippen molar-refractivity contribution in [1.29, 1.82) is 0 Å². The fourth-order valence-electron chi connectivity index (χ4n) is 1.24. The van der Waals surface area contributed by atoms with Crippen LogP contribution in [0.4, 0.5) is 4.39 Å². The summed E-state index contributed by atoms with van der Waals surface area (Å²) in [7, 11) is 1.33. The van der Waals surface area contributed by atoms with E-state index >= 15 is 0 Å². The Labute approximate surface area is 102 Å². The molecule has 0 aliphatic heterocycles. The summed E-state index contributed by atoms with van der Waals surface area (Å²) in [5, 5.41) is 2.94. The molecule has 1 rings (SSSR count). The zero-order valence-corrected chi connectivity index (χ0v) is 10.7. The molecule has 0 fully saturated rings. The molecule has 88 valence electrons. The standard InChI is InChI=1S/C11H13BrFNO2/c1-7(11(15)16-2)14-6-8-3-9(12)5-10(13)4-8/h3-5,7,14H,6H2,1-2H3. The SMILES string of the molecule is COC(=O)C(C)NCc1cc(F)cc(Br)c1. The molecule has 0 aliphatic carbocycles. The first kappa shape index (κ1) is 13.1. The van der Waals surface area contributed by atoms with Gasteiger partial charge >= 0.3 is 5.97 Å². The molecule has 0 aliphatic rings. The highest BCUT2D eigenvalue weighted by Gasteiger charge is 2.11. The molecule has 0 saturated carbocycles. The predicted octanol–water partition coefficient (Wildman–Crippen LogP) is 2.24. The lowest BCUT2D eigenvalue weighted by Gasteiger charge is -2.11. The van der Waals surface area contributed by atoms with E-state index in [0.717, 1.165) is 5.56 Å². The number of nitrogens with one attached hydrogen (secondary N) is 1. The molecular formula is C11H13BrFNO2. The summed E-state index contributed by atoms with van der Waals surface area (Å²) in [6.45, 7) is 2.10. The van der Waals surface area contributed by atoms with Crippen LogP contribution in [0.15, 0.2) is 22.7 Å². The molecule has 1 unspecified atom stereocenters. The summed E-state index contributed by atoms with van der Waals surface area (Å²) < 4.78 is 18.3. The number of carbonyl (C=O) groups excluding carboxylic acids is 1. The van der Waals surface area contributed by atoms with Crippen LogP contribution >= 0.6 is 15.9 Å². The van der Waals surface area contributed by atoms with Gasteiger partial charge in [0.05, 0.1) is 7.11 Å².